The predicted molar refractivity (Wildman–Crippen MR) is 137 cm³/mol. The zero-order chi connectivity index (χ0) is 24.1. The van der Waals surface area contributed by atoms with Crippen LogP contribution in [0, 0.1) is 17.5 Å². The molecule has 0 fully saturated rings. The van der Waals surface area contributed by atoms with E-state index in [1.54, 1.807) is 12.1 Å². The fourth-order valence-electron chi connectivity index (χ4n) is 6.12. The van der Waals surface area contributed by atoms with Gasteiger partial charge in [0, 0.05) is 19.7 Å². The van der Waals surface area contributed by atoms with E-state index in [0.29, 0.717) is 4.39 Å². The van der Waals surface area contributed by atoms with E-state index in [9.17, 15) is 13.2 Å². The van der Waals surface area contributed by atoms with Crippen molar-refractivity contribution in [3.8, 4) is 0 Å². The second-order valence-corrected chi connectivity index (χ2v) is 9.53. The van der Waals surface area contributed by atoms with E-state index < -0.39 is 6.28 Å². The van der Waals surface area contributed by atoms with Crippen LogP contribution in [0.2, 0.25) is 0 Å². The topological polar surface area (TPSA) is 0 Å². The molecule has 0 N–H and O–H groups in total. The Bertz CT molecular complexity index is 1340. The number of hydrogen-bond acceptors (Lipinski definition) is 0. The lowest BCUT2D eigenvalue weighted by Crippen LogP contribution is -2.80. The van der Waals surface area contributed by atoms with Gasteiger partial charge in [-0.05, 0) is 55.5 Å². The highest BCUT2D eigenvalue weighted by atomic mass is 19.1. The number of fused-ring (bicyclic) bond motifs is 1. The molecule has 0 unspecified atom stereocenters. The van der Waals surface area contributed by atoms with Crippen LogP contribution in [0.3, 0.4) is 0 Å². The fraction of sp³-hybridized carbons (Fsp3) is 0.103. The van der Waals surface area contributed by atoms with Crippen LogP contribution in [0.25, 0.3) is 11.0 Å². The summed E-state index contributed by atoms with van der Waals surface area (Å²) in [5, 5.41) is 0. The number of para-hydroxylation sites is 1. The summed E-state index contributed by atoms with van der Waals surface area (Å²) in [6.45, 7) is 2.08. The molecule has 5 rings (SSSR count). The molecule has 1 aliphatic heterocycles. The van der Waals surface area contributed by atoms with Crippen LogP contribution in [0.5, 0.6) is 0 Å². The average molecular weight is 455 g/mol. The molecule has 5 heteroatoms. The molecule has 0 atom stereocenters. The van der Waals surface area contributed by atoms with Crippen molar-refractivity contribution in [3.63, 3.8) is 0 Å². The first-order valence-corrected chi connectivity index (χ1v) is 11.4. The number of quaternary nitrogens is 1. The summed E-state index contributed by atoms with van der Waals surface area (Å²) in [5.74, 6) is -0.952. The van der Waals surface area contributed by atoms with Gasteiger partial charge in [-0.25, -0.2) is 13.2 Å². The lowest BCUT2D eigenvalue weighted by atomic mass is 9.19. The molecule has 1 nitrogen and oxygen atoms in total. The van der Waals surface area contributed by atoms with Crippen molar-refractivity contribution in [3.05, 3.63) is 126 Å². The van der Waals surface area contributed by atoms with E-state index >= 15 is 0 Å². The number of hydrogen-bond donors (Lipinski definition) is 0. The van der Waals surface area contributed by atoms with Crippen molar-refractivity contribution in [2.75, 3.05) is 14.1 Å². The van der Waals surface area contributed by atoms with E-state index in [2.05, 4.69) is 33.2 Å². The first kappa shape index (κ1) is 22.2. The first-order valence-electron chi connectivity index (χ1n) is 11.4. The maximum Gasteiger partial charge on any atom is 0.296 e. The molecule has 1 aliphatic rings. The van der Waals surface area contributed by atoms with E-state index in [1.165, 1.54) is 36.4 Å². The summed E-state index contributed by atoms with van der Waals surface area (Å²) < 4.78 is 42.6. The highest BCUT2D eigenvalue weighted by molar-refractivity contribution is 7.16. The maximum atomic E-state index is 14.1. The SMILES string of the molecule is CC1=C(c2ccc(F)cc2)[B-](c2ccc(F)cc2)(c2ccc(F)cc2)[N+](C)(C)c2ccccc21. The Kier molecular flexibility index (Phi) is 5.25. The van der Waals surface area contributed by atoms with Crippen molar-refractivity contribution < 1.29 is 13.2 Å². The molecule has 0 saturated carbocycles. The van der Waals surface area contributed by atoms with Gasteiger partial charge in [0.25, 0.3) is 6.28 Å². The van der Waals surface area contributed by atoms with Crippen LogP contribution >= 0.6 is 0 Å². The van der Waals surface area contributed by atoms with Crippen LogP contribution < -0.4 is 15.3 Å². The van der Waals surface area contributed by atoms with E-state index in [0.717, 1.165) is 38.8 Å². The number of rotatable bonds is 3. The van der Waals surface area contributed by atoms with Gasteiger partial charge in [-0.1, -0.05) is 59.7 Å². The molecule has 0 saturated heterocycles. The Hall–Kier alpha value is -3.57. The summed E-state index contributed by atoms with van der Waals surface area (Å²) in [7, 11) is 4.28. The highest BCUT2D eigenvalue weighted by Gasteiger charge is 2.52. The van der Waals surface area contributed by atoms with Gasteiger partial charge in [0.05, 0.1) is 5.69 Å². The Balaban J connectivity index is 2.00. The smallest absolute Gasteiger partial charge is 0.296 e. The van der Waals surface area contributed by atoms with E-state index in [1.807, 2.05) is 36.4 Å². The summed E-state index contributed by atoms with van der Waals surface area (Å²) in [4.78, 5) is 0. The molecular formula is C29H25BF3N. The van der Waals surface area contributed by atoms with E-state index in [4.69, 9.17) is 0 Å². The Morgan fingerprint density at radius 1 is 0.588 bits per heavy atom. The van der Waals surface area contributed by atoms with Gasteiger partial charge in [0.2, 0.25) is 0 Å². The molecular weight excluding hydrogens is 430 g/mol. The first-order chi connectivity index (χ1) is 16.3. The van der Waals surface area contributed by atoms with Crippen LogP contribution in [-0.4, -0.2) is 20.4 Å². The Labute approximate surface area is 198 Å². The summed E-state index contributed by atoms with van der Waals surface area (Å²) in [6.07, 6.45) is -1.85. The standard InChI is InChI=1S/C29H25BF3N/c1-20-27-6-4-5-7-28(27)34(2,3)30(22-10-16-25(32)17-11-22,23-12-18-26(33)19-13-23)29(20)21-8-14-24(31)15-9-21/h4-19H,1-3H3. The molecule has 1 heterocycles. The average Bonchev–Trinajstić information content (AvgIpc) is 2.83. The molecule has 4 aromatic carbocycles. The Morgan fingerprint density at radius 2 is 1.03 bits per heavy atom. The van der Waals surface area contributed by atoms with Gasteiger partial charge < -0.3 is 4.39 Å². The summed E-state index contributed by atoms with van der Waals surface area (Å²) in [6, 6.07) is 28.0. The zero-order valence-electron chi connectivity index (χ0n) is 19.4. The van der Waals surface area contributed by atoms with Crippen molar-refractivity contribution >= 4 is 33.9 Å². The van der Waals surface area contributed by atoms with Crippen molar-refractivity contribution in [2.24, 2.45) is 0 Å². The van der Waals surface area contributed by atoms with Crippen LogP contribution in [0.15, 0.2) is 97.1 Å². The summed E-state index contributed by atoms with van der Waals surface area (Å²) in [5.41, 5.74) is 7.04. The van der Waals surface area contributed by atoms with Crippen LogP contribution in [0.4, 0.5) is 18.9 Å². The van der Waals surface area contributed by atoms with Crippen molar-refractivity contribution in [1.29, 1.82) is 0 Å². The molecule has 0 aliphatic carbocycles. The minimum atomic E-state index is -1.85. The van der Waals surface area contributed by atoms with Gasteiger partial charge in [-0.3, -0.25) is 0 Å². The second kappa shape index (κ2) is 8.03. The van der Waals surface area contributed by atoms with Gasteiger partial charge in [0.1, 0.15) is 17.5 Å². The van der Waals surface area contributed by atoms with Gasteiger partial charge in [-0.15, -0.1) is 16.4 Å². The fourth-order valence-corrected chi connectivity index (χ4v) is 6.12. The van der Waals surface area contributed by atoms with Crippen LogP contribution in [-0.2, 0) is 0 Å². The lowest BCUT2D eigenvalue weighted by molar-refractivity contribution is 0.608. The Morgan fingerprint density at radius 3 is 1.53 bits per heavy atom. The summed E-state index contributed by atoms with van der Waals surface area (Å²) >= 11 is 0. The number of halogens is 3. The van der Waals surface area contributed by atoms with E-state index in [-0.39, 0.29) is 17.5 Å². The molecule has 0 aromatic heterocycles. The number of allylic oxidation sites excluding steroid dienone is 1. The van der Waals surface area contributed by atoms with Gasteiger partial charge >= 0.3 is 0 Å². The number of nitrogens with zero attached hydrogens (tertiary/aromatic N) is 1. The quantitative estimate of drug-likeness (QED) is 0.337. The molecule has 34 heavy (non-hydrogen) atoms. The predicted octanol–water partition coefficient (Wildman–Crippen LogP) is 5.91. The normalized spacial score (nSPS) is 16.3. The monoisotopic (exact) mass is 455 g/mol. The van der Waals surface area contributed by atoms with Crippen molar-refractivity contribution in [2.45, 2.75) is 6.92 Å². The van der Waals surface area contributed by atoms with Gasteiger partial charge in [0.15, 0.2) is 0 Å². The minimum absolute atomic E-state index is 0.311. The minimum Gasteiger partial charge on any atom is -0.474 e. The molecule has 0 radical (unpaired) electrons. The third-order valence-corrected chi connectivity index (χ3v) is 7.58. The molecule has 0 bridgehead atoms. The molecule has 0 spiro atoms. The molecule has 170 valence electrons. The third-order valence-electron chi connectivity index (χ3n) is 7.58. The molecule has 0 amide bonds. The largest absolute Gasteiger partial charge is 0.474 e. The zero-order valence-corrected chi connectivity index (χ0v) is 19.4. The second-order valence-electron chi connectivity index (χ2n) is 9.53. The highest BCUT2D eigenvalue weighted by Crippen LogP contribution is 2.47. The van der Waals surface area contributed by atoms with Crippen molar-refractivity contribution in [1.82, 2.24) is 4.39 Å². The number of benzene rings is 4. The van der Waals surface area contributed by atoms with Crippen LogP contribution in [0.1, 0.15) is 18.1 Å². The molecule has 4 aromatic rings. The third kappa shape index (κ3) is 3.15. The van der Waals surface area contributed by atoms with Gasteiger partial charge in [-0.2, -0.15) is 0 Å². The maximum absolute atomic E-state index is 14.1. The lowest BCUT2D eigenvalue weighted by Gasteiger charge is -2.61.